The minimum Gasteiger partial charge on any atom is -0.352 e. The number of amides is 2. The largest absolute Gasteiger partial charge is 0.404 e. The summed E-state index contributed by atoms with van der Waals surface area (Å²) >= 11 is 0.969. The van der Waals surface area contributed by atoms with Gasteiger partial charge in [-0.15, -0.1) is 11.3 Å². The molecule has 2 aromatic rings. The Morgan fingerprint density at radius 1 is 1.30 bits per heavy atom. The van der Waals surface area contributed by atoms with Crippen LogP contribution in [0.2, 0.25) is 0 Å². The Hall–Kier alpha value is -3.70. The lowest BCUT2D eigenvalue weighted by Crippen LogP contribution is -2.44. The minimum atomic E-state index is -4.39. The number of carbonyl (C=O) groups is 2. The number of nitrogens with zero attached hydrogens (tertiary/aromatic N) is 4. The number of halogens is 3. The van der Waals surface area contributed by atoms with Gasteiger partial charge in [-0.25, -0.2) is 4.98 Å². The second-order valence-electron chi connectivity index (χ2n) is 8.08. The number of rotatable bonds is 8. The van der Waals surface area contributed by atoms with E-state index in [1.807, 2.05) is 6.07 Å². The third-order valence-corrected chi connectivity index (χ3v) is 6.70. The fourth-order valence-electron chi connectivity index (χ4n) is 3.91. The normalized spacial score (nSPS) is 17.3. The average molecular weight is 538 g/mol. The highest BCUT2D eigenvalue weighted by Crippen LogP contribution is 2.32. The second-order valence-corrected chi connectivity index (χ2v) is 9.11. The molecule has 3 rings (SSSR count). The van der Waals surface area contributed by atoms with Crippen molar-refractivity contribution < 1.29 is 22.8 Å². The maximum absolute atomic E-state index is 13.1. The first-order valence-electron chi connectivity index (χ1n) is 11.6. The summed E-state index contributed by atoms with van der Waals surface area (Å²) in [5, 5.41) is 17.4. The standard InChI is InChI=1S/C23H26F3N7O3S/c1-3-28-20(35)14(11-27)22-33(4-2)21(36)15(37-22)12-29-17-8-5-9-18(30-17)31-19(34)13-32-10-6-7-16(32)23(24,25)26/h5,8-9,12,16H,3-4,6-7,10,13H2,1-2H3,(H,28,35)(H2,29,30,31,34). The lowest BCUT2D eigenvalue weighted by atomic mass is 10.2. The summed E-state index contributed by atoms with van der Waals surface area (Å²) in [6, 6.07) is 4.86. The van der Waals surface area contributed by atoms with Crippen molar-refractivity contribution in [1.29, 1.82) is 5.26 Å². The summed E-state index contributed by atoms with van der Waals surface area (Å²) in [4.78, 5) is 42.7. The highest BCUT2D eigenvalue weighted by molar-refractivity contribution is 7.07. The average Bonchev–Trinajstić information content (AvgIpc) is 3.42. The quantitative estimate of drug-likeness (QED) is 0.457. The molecule has 1 unspecified atom stereocenters. The topological polar surface area (TPSA) is 132 Å². The summed E-state index contributed by atoms with van der Waals surface area (Å²) in [6.45, 7) is 3.78. The van der Waals surface area contributed by atoms with Crippen molar-refractivity contribution in [3.8, 4) is 6.07 Å². The number of hydrogen-bond acceptors (Lipinski definition) is 8. The van der Waals surface area contributed by atoms with E-state index in [0.717, 1.165) is 16.2 Å². The van der Waals surface area contributed by atoms with Crippen LogP contribution in [-0.2, 0) is 16.1 Å². The van der Waals surface area contributed by atoms with Crippen LogP contribution in [0.25, 0.3) is 11.8 Å². The zero-order valence-corrected chi connectivity index (χ0v) is 21.0. The van der Waals surface area contributed by atoms with Gasteiger partial charge in [0.2, 0.25) is 5.91 Å². The number of likely N-dealkylation sites (tertiary alicyclic amines) is 1. The molecule has 3 heterocycles. The third-order valence-electron chi connectivity index (χ3n) is 5.57. The van der Waals surface area contributed by atoms with Gasteiger partial charge in [-0.1, -0.05) is 6.07 Å². The molecular formula is C23H26F3N7O3S. The summed E-state index contributed by atoms with van der Waals surface area (Å²) in [5.41, 5.74) is -0.569. The monoisotopic (exact) mass is 537 g/mol. The number of nitriles is 1. The summed E-state index contributed by atoms with van der Waals surface area (Å²) in [5.74, 6) is -0.810. The molecule has 37 heavy (non-hydrogen) atoms. The maximum Gasteiger partial charge on any atom is 0.404 e. The Bertz CT molecular complexity index is 1380. The maximum atomic E-state index is 13.1. The number of hydrogen-bond donors (Lipinski definition) is 3. The van der Waals surface area contributed by atoms with Gasteiger partial charge in [0.25, 0.3) is 11.5 Å². The van der Waals surface area contributed by atoms with E-state index >= 15 is 0 Å². The first-order chi connectivity index (χ1) is 17.6. The van der Waals surface area contributed by atoms with E-state index in [4.69, 9.17) is 0 Å². The van der Waals surface area contributed by atoms with Crippen LogP contribution < -0.4 is 30.7 Å². The minimum absolute atomic E-state index is 0.0364. The first-order valence-corrected chi connectivity index (χ1v) is 12.4. The zero-order chi connectivity index (χ0) is 27.2. The number of carbonyl (C=O) groups excluding carboxylic acids is 2. The van der Waals surface area contributed by atoms with E-state index in [1.54, 1.807) is 26.0 Å². The van der Waals surface area contributed by atoms with Gasteiger partial charge in [-0.05, 0) is 45.4 Å². The SMILES string of the molecule is CCNC(=O)C(C#N)=c1sc(=CNc2cccc(NC(=O)CN3CCCC3C(F)(F)F)n2)c(=O)n1CC. The predicted octanol–water partition coefficient (Wildman–Crippen LogP) is 0.950. The number of thiazole rings is 1. The van der Waals surface area contributed by atoms with Crippen molar-refractivity contribution in [1.82, 2.24) is 19.8 Å². The molecule has 1 saturated heterocycles. The number of nitrogens with one attached hydrogen (secondary N) is 3. The molecule has 198 valence electrons. The Morgan fingerprint density at radius 3 is 2.68 bits per heavy atom. The van der Waals surface area contributed by atoms with Gasteiger partial charge in [0.15, 0.2) is 5.57 Å². The molecule has 0 radical (unpaired) electrons. The Labute approximate surface area is 214 Å². The molecule has 2 aromatic heterocycles. The molecule has 0 bridgehead atoms. The van der Waals surface area contributed by atoms with E-state index in [1.165, 1.54) is 16.8 Å². The lowest BCUT2D eigenvalue weighted by Gasteiger charge is -2.25. The van der Waals surface area contributed by atoms with Gasteiger partial charge in [-0.3, -0.25) is 23.9 Å². The Balaban J connectivity index is 1.78. The number of pyridine rings is 1. The van der Waals surface area contributed by atoms with E-state index in [2.05, 4.69) is 20.9 Å². The predicted molar refractivity (Wildman–Crippen MR) is 133 cm³/mol. The van der Waals surface area contributed by atoms with Crippen LogP contribution in [0.5, 0.6) is 0 Å². The van der Waals surface area contributed by atoms with Gasteiger partial charge < -0.3 is 16.0 Å². The van der Waals surface area contributed by atoms with E-state index in [0.29, 0.717) is 13.0 Å². The fourth-order valence-corrected chi connectivity index (χ4v) is 5.00. The van der Waals surface area contributed by atoms with Crippen LogP contribution >= 0.6 is 11.3 Å². The molecule has 3 N–H and O–H groups in total. The van der Waals surface area contributed by atoms with Crippen LogP contribution in [0.3, 0.4) is 0 Å². The lowest BCUT2D eigenvalue weighted by molar-refractivity contribution is -0.176. The zero-order valence-electron chi connectivity index (χ0n) is 20.2. The molecule has 1 fully saturated rings. The van der Waals surface area contributed by atoms with Crippen molar-refractivity contribution in [2.45, 2.75) is 45.5 Å². The molecule has 10 nitrogen and oxygen atoms in total. The molecular weight excluding hydrogens is 511 g/mol. The number of anilines is 2. The van der Waals surface area contributed by atoms with Crippen LogP contribution in [0, 0.1) is 11.3 Å². The van der Waals surface area contributed by atoms with Crippen molar-refractivity contribution in [3.63, 3.8) is 0 Å². The highest BCUT2D eigenvalue weighted by atomic mass is 32.1. The molecule has 1 aliphatic heterocycles. The van der Waals surface area contributed by atoms with Crippen molar-refractivity contribution in [2.24, 2.45) is 0 Å². The summed E-state index contributed by atoms with van der Waals surface area (Å²) < 4.78 is 41.1. The molecule has 0 saturated carbocycles. The Kier molecular flexibility index (Phi) is 9.06. The smallest absolute Gasteiger partial charge is 0.352 e. The first kappa shape index (κ1) is 27.9. The third kappa shape index (κ3) is 6.75. The highest BCUT2D eigenvalue weighted by Gasteiger charge is 2.46. The molecule has 0 aromatic carbocycles. The molecule has 1 aliphatic rings. The fraction of sp³-hybridized carbons (Fsp3) is 0.435. The molecule has 0 aliphatic carbocycles. The van der Waals surface area contributed by atoms with E-state index in [-0.39, 0.29) is 45.9 Å². The van der Waals surface area contributed by atoms with Crippen LogP contribution in [0.15, 0.2) is 23.0 Å². The molecule has 2 amide bonds. The number of alkyl halides is 3. The van der Waals surface area contributed by atoms with Gasteiger partial charge in [0, 0.05) is 19.3 Å². The number of aromatic nitrogens is 2. The molecule has 1 atom stereocenters. The van der Waals surface area contributed by atoms with Gasteiger partial charge in [0.1, 0.15) is 32.9 Å². The van der Waals surface area contributed by atoms with Crippen molar-refractivity contribution in [2.75, 3.05) is 30.3 Å². The van der Waals surface area contributed by atoms with E-state index in [9.17, 15) is 32.8 Å². The van der Waals surface area contributed by atoms with Crippen molar-refractivity contribution in [3.05, 3.63) is 37.7 Å². The van der Waals surface area contributed by atoms with Crippen LogP contribution in [0.1, 0.15) is 26.7 Å². The van der Waals surface area contributed by atoms with Gasteiger partial charge >= 0.3 is 6.18 Å². The van der Waals surface area contributed by atoms with Crippen LogP contribution in [0.4, 0.5) is 24.8 Å². The van der Waals surface area contributed by atoms with E-state index < -0.39 is 36.1 Å². The van der Waals surface area contributed by atoms with Crippen LogP contribution in [-0.4, -0.2) is 58.1 Å². The molecule has 0 spiro atoms. The Morgan fingerprint density at radius 2 is 2.03 bits per heavy atom. The van der Waals surface area contributed by atoms with Crippen molar-refractivity contribution >= 4 is 46.6 Å². The summed E-state index contributed by atoms with van der Waals surface area (Å²) in [7, 11) is 0. The molecule has 14 heteroatoms. The van der Waals surface area contributed by atoms with Gasteiger partial charge in [-0.2, -0.15) is 18.4 Å². The second kappa shape index (κ2) is 12.0. The van der Waals surface area contributed by atoms with Gasteiger partial charge in [0.05, 0.1) is 6.54 Å². The summed E-state index contributed by atoms with van der Waals surface area (Å²) in [6.07, 6.45) is -2.68.